The maximum absolute atomic E-state index is 9.57. The third kappa shape index (κ3) is 3.50. The largest absolute Gasteiger partial charge is 0.369 e. The third-order valence-corrected chi connectivity index (χ3v) is 5.77. The Morgan fingerprint density at radius 3 is 2.56 bits per heavy atom. The van der Waals surface area contributed by atoms with Gasteiger partial charge in [-0.15, -0.1) is 0 Å². The van der Waals surface area contributed by atoms with E-state index in [1.54, 1.807) is 0 Å². The Balaban J connectivity index is 2.01. The highest BCUT2D eigenvalue weighted by molar-refractivity contribution is 9.10. The van der Waals surface area contributed by atoms with Crippen LogP contribution in [0.15, 0.2) is 46.9 Å². The molecule has 1 heterocycles. The second kappa shape index (κ2) is 6.69. The van der Waals surface area contributed by atoms with E-state index in [1.807, 2.05) is 30.3 Å². The van der Waals surface area contributed by atoms with Gasteiger partial charge in [0.1, 0.15) is 0 Å². The number of benzene rings is 2. The van der Waals surface area contributed by atoms with Gasteiger partial charge in [0.2, 0.25) is 0 Å². The zero-order valence-corrected chi connectivity index (χ0v) is 16.8. The molecule has 1 aliphatic rings. The molecule has 3 heteroatoms. The van der Waals surface area contributed by atoms with E-state index in [-0.39, 0.29) is 5.54 Å². The highest BCUT2D eigenvalue weighted by atomic mass is 79.9. The summed E-state index contributed by atoms with van der Waals surface area (Å²) in [7, 11) is 2.17. The van der Waals surface area contributed by atoms with E-state index < -0.39 is 0 Å². The van der Waals surface area contributed by atoms with Crippen LogP contribution < -0.4 is 4.90 Å². The first kappa shape index (κ1) is 17.8. The first-order valence-corrected chi connectivity index (χ1v) is 9.36. The first-order valence-electron chi connectivity index (χ1n) is 8.57. The van der Waals surface area contributed by atoms with Crippen molar-refractivity contribution in [1.82, 2.24) is 0 Å². The maximum atomic E-state index is 9.57. The van der Waals surface area contributed by atoms with Gasteiger partial charge in [0.05, 0.1) is 11.6 Å². The number of rotatable bonds is 2. The number of hydrogen-bond donors (Lipinski definition) is 0. The minimum Gasteiger partial charge on any atom is -0.369 e. The predicted octanol–water partition coefficient (Wildman–Crippen LogP) is 6.24. The van der Waals surface area contributed by atoms with E-state index in [2.05, 4.69) is 72.9 Å². The molecule has 0 aromatic heterocycles. The average Bonchev–Trinajstić information content (AvgIpc) is 2.58. The molecule has 0 bridgehead atoms. The molecule has 0 spiro atoms. The molecular weight excluding hydrogens is 372 g/mol. The van der Waals surface area contributed by atoms with Crippen LogP contribution in [-0.4, -0.2) is 12.6 Å². The lowest BCUT2D eigenvalue weighted by molar-refractivity contribution is 0.395. The van der Waals surface area contributed by atoms with Crippen molar-refractivity contribution in [2.75, 3.05) is 11.9 Å². The van der Waals surface area contributed by atoms with E-state index in [9.17, 15) is 5.26 Å². The molecule has 2 aromatic carbocycles. The molecule has 0 amide bonds. The van der Waals surface area contributed by atoms with Gasteiger partial charge < -0.3 is 4.90 Å². The summed E-state index contributed by atoms with van der Waals surface area (Å²) in [6, 6.07) is 16.7. The Hall–Kier alpha value is -2.05. The van der Waals surface area contributed by atoms with E-state index in [0.29, 0.717) is 11.5 Å². The molecule has 2 aromatic rings. The standard InChI is InChI=1S/C22H23BrN2/c1-15-13-22(2,3)25(4)21-10-5-16(12-20(15)21)11-18(14-24)17-6-8-19(23)9-7-17/h5-12,15H,13H2,1-4H3/b18-11+. The summed E-state index contributed by atoms with van der Waals surface area (Å²) in [5.74, 6) is 0.507. The van der Waals surface area contributed by atoms with E-state index >= 15 is 0 Å². The molecule has 0 radical (unpaired) electrons. The lowest BCUT2D eigenvalue weighted by Crippen LogP contribution is -2.45. The van der Waals surface area contributed by atoms with E-state index in [1.165, 1.54) is 11.3 Å². The molecule has 25 heavy (non-hydrogen) atoms. The molecule has 3 rings (SSSR count). The number of nitriles is 1. The van der Waals surface area contributed by atoms with Crippen molar-refractivity contribution in [3.8, 4) is 6.07 Å². The van der Waals surface area contributed by atoms with Crippen LogP contribution in [0.25, 0.3) is 11.6 Å². The summed E-state index contributed by atoms with van der Waals surface area (Å²) in [5, 5.41) is 9.57. The summed E-state index contributed by atoms with van der Waals surface area (Å²) in [6.45, 7) is 6.88. The van der Waals surface area contributed by atoms with Crippen molar-refractivity contribution in [3.05, 3.63) is 63.6 Å². The Morgan fingerprint density at radius 1 is 1.24 bits per heavy atom. The number of hydrogen-bond acceptors (Lipinski definition) is 2. The van der Waals surface area contributed by atoms with E-state index in [4.69, 9.17) is 0 Å². The normalized spacial score (nSPS) is 19.3. The summed E-state index contributed by atoms with van der Waals surface area (Å²) < 4.78 is 1.02. The van der Waals surface area contributed by atoms with Crippen LogP contribution in [0, 0.1) is 11.3 Å². The molecule has 0 saturated carbocycles. The fourth-order valence-electron chi connectivity index (χ4n) is 3.66. The molecule has 0 aliphatic carbocycles. The van der Waals surface area contributed by atoms with Gasteiger partial charge in [0.25, 0.3) is 0 Å². The van der Waals surface area contributed by atoms with Crippen molar-refractivity contribution in [2.24, 2.45) is 0 Å². The fraction of sp³-hybridized carbons (Fsp3) is 0.318. The van der Waals surface area contributed by atoms with Crippen LogP contribution in [-0.2, 0) is 0 Å². The van der Waals surface area contributed by atoms with Gasteiger partial charge in [-0.2, -0.15) is 5.26 Å². The highest BCUT2D eigenvalue weighted by Gasteiger charge is 2.33. The molecular formula is C22H23BrN2. The predicted molar refractivity (Wildman–Crippen MR) is 110 cm³/mol. The van der Waals surface area contributed by atoms with Gasteiger partial charge in [-0.05, 0) is 73.2 Å². The maximum Gasteiger partial charge on any atom is 0.0998 e. The van der Waals surface area contributed by atoms with Gasteiger partial charge in [-0.3, -0.25) is 0 Å². The lowest BCUT2D eigenvalue weighted by atomic mass is 9.80. The van der Waals surface area contributed by atoms with Crippen LogP contribution in [0.2, 0.25) is 0 Å². The van der Waals surface area contributed by atoms with Crippen LogP contribution in [0.5, 0.6) is 0 Å². The van der Waals surface area contributed by atoms with Gasteiger partial charge in [-0.1, -0.05) is 41.1 Å². The Kier molecular flexibility index (Phi) is 4.75. The molecule has 0 saturated heterocycles. The summed E-state index contributed by atoms with van der Waals surface area (Å²) in [4.78, 5) is 2.37. The van der Waals surface area contributed by atoms with Gasteiger partial charge in [0.15, 0.2) is 0 Å². The number of allylic oxidation sites excluding steroid dienone is 1. The summed E-state index contributed by atoms with van der Waals surface area (Å²) in [6.07, 6.45) is 3.11. The Labute approximate surface area is 158 Å². The van der Waals surface area contributed by atoms with Crippen LogP contribution in [0.3, 0.4) is 0 Å². The Bertz CT molecular complexity index is 857. The monoisotopic (exact) mass is 394 g/mol. The van der Waals surface area contributed by atoms with E-state index in [0.717, 1.165) is 22.0 Å². The lowest BCUT2D eigenvalue weighted by Gasteiger charge is -2.45. The van der Waals surface area contributed by atoms with Crippen LogP contribution in [0.1, 0.15) is 49.8 Å². The second-order valence-corrected chi connectivity index (χ2v) is 8.39. The van der Waals surface area contributed by atoms with Crippen molar-refractivity contribution in [1.29, 1.82) is 5.26 Å². The number of anilines is 1. The van der Waals surface area contributed by atoms with Crippen molar-refractivity contribution < 1.29 is 0 Å². The molecule has 1 atom stereocenters. The number of nitrogens with zero attached hydrogens (tertiary/aromatic N) is 2. The minimum absolute atomic E-state index is 0.166. The molecule has 1 unspecified atom stereocenters. The van der Waals surface area contributed by atoms with Crippen LogP contribution >= 0.6 is 15.9 Å². The second-order valence-electron chi connectivity index (χ2n) is 7.47. The fourth-order valence-corrected chi connectivity index (χ4v) is 3.93. The van der Waals surface area contributed by atoms with Gasteiger partial charge in [0, 0.05) is 22.7 Å². The van der Waals surface area contributed by atoms with Gasteiger partial charge in [-0.25, -0.2) is 0 Å². The summed E-state index contributed by atoms with van der Waals surface area (Å²) >= 11 is 3.44. The average molecular weight is 395 g/mol. The molecule has 128 valence electrons. The van der Waals surface area contributed by atoms with Crippen molar-refractivity contribution in [2.45, 2.75) is 38.6 Å². The van der Waals surface area contributed by atoms with Crippen molar-refractivity contribution in [3.63, 3.8) is 0 Å². The topological polar surface area (TPSA) is 27.0 Å². The molecule has 2 nitrogen and oxygen atoms in total. The number of halogens is 1. The SMILES string of the molecule is CC1CC(C)(C)N(C)c2ccc(/C=C(\C#N)c3ccc(Br)cc3)cc21. The Morgan fingerprint density at radius 2 is 1.92 bits per heavy atom. The van der Waals surface area contributed by atoms with Crippen molar-refractivity contribution >= 4 is 33.3 Å². The number of fused-ring (bicyclic) bond motifs is 1. The zero-order chi connectivity index (χ0) is 18.2. The smallest absolute Gasteiger partial charge is 0.0998 e. The van der Waals surface area contributed by atoms with Crippen LogP contribution in [0.4, 0.5) is 5.69 Å². The molecule has 1 aliphatic heterocycles. The zero-order valence-electron chi connectivity index (χ0n) is 15.2. The minimum atomic E-state index is 0.166. The molecule has 0 N–H and O–H groups in total. The third-order valence-electron chi connectivity index (χ3n) is 5.24. The quantitative estimate of drug-likeness (QED) is 0.445. The molecule has 0 fully saturated rings. The highest BCUT2D eigenvalue weighted by Crippen LogP contribution is 2.42. The summed E-state index contributed by atoms with van der Waals surface area (Å²) in [5.41, 5.74) is 5.53. The first-order chi connectivity index (χ1) is 11.8. The van der Waals surface area contributed by atoms with Gasteiger partial charge >= 0.3 is 0 Å².